The first-order chi connectivity index (χ1) is 8.49. The van der Waals surface area contributed by atoms with E-state index >= 15 is 0 Å². The van der Waals surface area contributed by atoms with Crippen LogP contribution in [0.5, 0.6) is 0 Å². The van der Waals surface area contributed by atoms with Crippen molar-refractivity contribution < 1.29 is 8.42 Å². The Morgan fingerprint density at radius 3 is 2.89 bits per heavy atom. The topological polar surface area (TPSA) is 101 Å². The van der Waals surface area contributed by atoms with Crippen molar-refractivity contribution in [1.82, 2.24) is 14.7 Å². The molecule has 0 amide bonds. The number of halogens is 1. The number of rotatable bonds is 4. The zero-order chi connectivity index (χ0) is 13.2. The monoisotopic (exact) mass is 286 g/mol. The number of hydrogen-bond donors (Lipinski definition) is 3. The molecule has 0 atom stereocenters. The van der Waals surface area contributed by atoms with Crippen LogP contribution in [0.4, 0.5) is 5.69 Å². The molecule has 0 radical (unpaired) electrons. The van der Waals surface area contributed by atoms with Crippen LogP contribution in [0.3, 0.4) is 0 Å². The predicted octanol–water partition coefficient (Wildman–Crippen LogP) is 1.12. The molecule has 0 aliphatic carbocycles. The summed E-state index contributed by atoms with van der Waals surface area (Å²) in [6.07, 6.45) is 3.15. The maximum Gasteiger partial charge on any atom is 0.242 e. The Labute approximate surface area is 109 Å². The third kappa shape index (κ3) is 2.81. The fourth-order valence-corrected chi connectivity index (χ4v) is 2.88. The van der Waals surface area contributed by atoms with E-state index in [2.05, 4.69) is 14.7 Å². The van der Waals surface area contributed by atoms with E-state index in [9.17, 15) is 8.42 Å². The molecule has 2 aromatic rings. The number of nitrogens with two attached hydrogens (primary N) is 1. The van der Waals surface area contributed by atoms with Gasteiger partial charge in [0.1, 0.15) is 10.7 Å². The number of nitrogen functional groups attached to an aromatic ring is 1. The normalized spacial score (nSPS) is 11.6. The highest BCUT2D eigenvalue weighted by molar-refractivity contribution is 7.89. The summed E-state index contributed by atoms with van der Waals surface area (Å²) in [5.41, 5.74) is 5.88. The SMILES string of the molecule is Nc1ccc(Cl)c(S(=O)(=O)NCc2ncc[nH]2)c1. The number of hydrogen-bond acceptors (Lipinski definition) is 4. The standard InChI is InChI=1S/C10H11ClN4O2S/c11-8-2-1-7(12)5-9(8)18(16,17)15-6-10-13-3-4-14-10/h1-5,15H,6,12H2,(H,13,14). The van der Waals surface area contributed by atoms with E-state index in [4.69, 9.17) is 17.3 Å². The van der Waals surface area contributed by atoms with Crippen molar-refractivity contribution in [2.45, 2.75) is 11.4 Å². The highest BCUT2D eigenvalue weighted by Gasteiger charge is 2.18. The maximum atomic E-state index is 12.0. The van der Waals surface area contributed by atoms with E-state index in [1.807, 2.05) is 0 Å². The minimum absolute atomic E-state index is 0.0456. The first kappa shape index (κ1) is 12.9. The largest absolute Gasteiger partial charge is 0.399 e. The fraction of sp³-hybridized carbons (Fsp3) is 0.100. The van der Waals surface area contributed by atoms with Crippen LogP contribution in [-0.4, -0.2) is 18.4 Å². The van der Waals surface area contributed by atoms with Crippen molar-refractivity contribution in [2.75, 3.05) is 5.73 Å². The van der Waals surface area contributed by atoms with Crippen molar-refractivity contribution in [3.05, 3.63) is 41.4 Å². The summed E-state index contributed by atoms with van der Waals surface area (Å²) < 4.78 is 26.4. The van der Waals surface area contributed by atoms with Crippen molar-refractivity contribution in [1.29, 1.82) is 0 Å². The molecule has 18 heavy (non-hydrogen) atoms. The van der Waals surface area contributed by atoms with Gasteiger partial charge in [-0.1, -0.05) is 11.6 Å². The van der Waals surface area contributed by atoms with Crippen LogP contribution in [0, 0.1) is 0 Å². The highest BCUT2D eigenvalue weighted by atomic mass is 35.5. The molecule has 1 aromatic carbocycles. The lowest BCUT2D eigenvalue weighted by Crippen LogP contribution is -2.24. The third-order valence-electron chi connectivity index (χ3n) is 2.23. The molecule has 6 nitrogen and oxygen atoms in total. The van der Waals surface area contributed by atoms with Crippen molar-refractivity contribution in [2.24, 2.45) is 0 Å². The quantitative estimate of drug-likeness (QED) is 0.733. The molecule has 0 spiro atoms. The van der Waals surface area contributed by atoms with Gasteiger partial charge in [-0.05, 0) is 18.2 Å². The van der Waals surface area contributed by atoms with Crippen LogP contribution < -0.4 is 10.5 Å². The fourth-order valence-electron chi connectivity index (χ4n) is 1.36. The summed E-state index contributed by atoms with van der Waals surface area (Å²) in [4.78, 5) is 6.66. The molecule has 1 aromatic heterocycles. The van der Waals surface area contributed by atoms with Crippen LogP contribution in [0.2, 0.25) is 5.02 Å². The molecule has 0 aliphatic rings. The minimum atomic E-state index is -3.71. The third-order valence-corrected chi connectivity index (χ3v) is 4.11. The second-order valence-electron chi connectivity index (χ2n) is 3.55. The Kier molecular flexibility index (Phi) is 3.55. The number of aromatic amines is 1. The number of H-pyrrole nitrogens is 1. The predicted molar refractivity (Wildman–Crippen MR) is 68.5 cm³/mol. The maximum absolute atomic E-state index is 12.0. The smallest absolute Gasteiger partial charge is 0.242 e. The number of benzene rings is 1. The lowest BCUT2D eigenvalue weighted by atomic mass is 10.3. The highest BCUT2D eigenvalue weighted by Crippen LogP contribution is 2.23. The van der Waals surface area contributed by atoms with Gasteiger partial charge in [0.15, 0.2) is 0 Å². The van der Waals surface area contributed by atoms with Gasteiger partial charge in [0.2, 0.25) is 10.0 Å². The van der Waals surface area contributed by atoms with E-state index < -0.39 is 10.0 Å². The van der Waals surface area contributed by atoms with E-state index in [1.165, 1.54) is 24.4 Å². The Hall–Kier alpha value is -1.57. The molecule has 0 aliphatic heterocycles. The Balaban J connectivity index is 2.22. The zero-order valence-corrected chi connectivity index (χ0v) is 10.8. The van der Waals surface area contributed by atoms with Gasteiger partial charge in [0, 0.05) is 18.1 Å². The summed E-state index contributed by atoms with van der Waals surface area (Å²) in [5, 5.41) is 0.121. The van der Waals surface area contributed by atoms with Crippen molar-refractivity contribution >= 4 is 27.3 Å². The number of imidazole rings is 1. The first-order valence-corrected chi connectivity index (χ1v) is 6.88. The van der Waals surface area contributed by atoms with Gasteiger partial charge >= 0.3 is 0 Å². The molecular formula is C10H11ClN4O2S. The molecular weight excluding hydrogens is 276 g/mol. The first-order valence-electron chi connectivity index (χ1n) is 5.02. The molecule has 8 heteroatoms. The van der Waals surface area contributed by atoms with Gasteiger partial charge in [0.05, 0.1) is 11.6 Å². The molecule has 96 valence electrons. The van der Waals surface area contributed by atoms with E-state index in [1.54, 1.807) is 6.20 Å². The van der Waals surface area contributed by atoms with E-state index in [-0.39, 0.29) is 16.5 Å². The van der Waals surface area contributed by atoms with Gasteiger partial charge < -0.3 is 10.7 Å². The van der Waals surface area contributed by atoms with Crippen molar-refractivity contribution in [3.63, 3.8) is 0 Å². The van der Waals surface area contributed by atoms with E-state index in [0.717, 1.165) is 0 Å². The molecule has 0 saturated heterocycles. The Bertz CT molecular complexity index is 640. The molecule has 0 bridgehead atoms. The van der Waals surface area contributed by atoms with Crippen molar-refractivity contribution in [3.8, 4) is 0 Å². The van der Waals surface area contributed by atoms with Crippen LogP contribution >= 0.6 is 11.6 Å². The summed E-state index contributed by atoms with van der Waals surface area (Å²) in [7, 11) is -3.71. The lowest BCUT2D eigenvalue weighted by Gasteiger charge is -2.08. The van der Waals surface area contributed by atoms with E-state index in [0.29, 0.717) is 11.5 Å². The van der Waals surface area contributed by atoms with Crippen LogP contribution in [0.25, 0.3) is 0 Å². The average molecular weight is 287 g/mol. The number of aromatic nitrogens is 2. The summed E-state index contributed by atoms with van der Waals surface area (Å²) in [5.74, 6) is 0.513. The summed E-state index contributed by atoms with van der Waals surface area (Å²) >= 11 is 5.84. The molecule has 1 heterocycles. The lowest BCUT2D eigenvalue weighted by molar-refractivity contribution is 0.579. The Morgan fingerprint density at radius 2 is 2.22 bits per heavy atom. The van der Waals surface area contributed by atoms with Crippen LogP contribution in [0.15, 0.2) is 35.5 Å². The van der Waals surface area contributed by atoms with Gasteiger partial charge in [-0.15, -0.1) is 0 Å². The number of nitrogens with zero attached hydrogens (tertiary/aromatic N) is 1. The summed E-state index contributed by atoms with van der Waals surface area (Å²) in [6, 6.07) is 4.29. The molecule has 0 saturated carbocycles. The molecule has 0 fully saturated rings. The number of anilines is 1. The second-order valence-corrected chi connectivity index (χ2v) is 5.69. The van der Waals surface area contributed by atoms with Gasteiger partial charge in [-0.3, -0.25) is 0 Å². The minimum Gasteiger partial charge on any atom is -0.399 e. The Morgan fingerprint density at radius 1 is 1.44 bits per heavy atom. The van der Waals surface area contributed by atoms with Crippen LogP contribution in [0.1, 0.15) is 5.82 Å². The molecule has 4 N–H and O–H groups in total. The zero-order valence-electron chi connectivity index (χ0n) is 9.22. The van der Waals surface area contributed by atoms with Crippen LogP contribution in [-0.2, 0) is 16.6 Å². The molecule has 0 unspecified atom stereocenters. The number of sulfonamides is 1. The van der Waals surface area contributed by atoms with Gasteiger partial charge in [-0.25, -0.2) is 18.1 Å². The number of nitrogens with one attached hydrogen (secondary N) is 2. The summed E-state index contributed by atoms with van der Waals surface area (Å²) in [6.45, 7) is 0.0560. The second kappa shape index (κ2) is 4.97. The van der Waals surface area contributed by atoms with Gasteiger partial charge in [0.25, 0.3) is 0 Å². The van der Waals surface area contributed by atoms with Gasteiger partial charge in [-0.2, -0.15) is 0 Å². The average Bonchev–Trinajstić information content (AvgIpc) is 2.83. The molecule has 2 rings (SSSR count).